The van der Waals surface area contributed by atoms with Gasteiger partial charge in [-0.25, -0.2) is 4.79 Å². The molecule has 0 saturated carbocycles. The summed E-state index contributed by atoms with van der Waals surface area (Å²) in [7, 11) is 0. The van der Waals surface area contributed by atoms with Crippen LogP contribution in [-0.2, 0) is 9.53 Å². The minimum absolute atomic E-state index is 0.456. The lowest BCUT2D eigenvalue weighted by Crippen LogP contribution is -2.40. The molecule has 0 fully saturated rings. The Bertz CT molecular complexity index is 740. The summed E-state index contributed by atoms with van der Waals surface area (Å²) in [5.41, 5.74) is 1.66. The fraction of sp³-hybridized carbons (Fsp3) is 0.391. The van der Waals surface area contributed by atoms with Gasteiger partial charge in [0.15, 0.2) is 6.04 Å². The molecule has 0 aliphatic carbocycles. The van der Waals surface area contributed by atoms with E-state index < -0.39 is 36.2 Å². The topological polar surface area (TPSA) is 79.1 Å². The molecule has 2 aromatic carbocycles. The number of aliphatic hydroxyl groups is 2. The molecule has 0 saturated heterocycles. The summed E-state index contributed by atoms with van der Waals surface area (Å²) < 4.78 is 5.55. The predicted octanol–water partition coefficient (Wildman–Crippen LogP) is 3.22. The van der Waals surface area contributed by atoms with E-state index in [0.29, 0.717) is 5.71 Å². The lowest BCUT2D eigenvalue weighted by atomic mass is 9.94. The minimum Gasteiger partial charge on any atom is -0.458 e. The Kier molecular flexibility index (Phi) is 7.49. The van der Waals surface area contributed by atoms with Crippen molar-refractivity contribution in [2.75, 3.05) is 6.61 Å². The predicted molar refractivity (Wildman–Crippen MR) is 110 cm³/mol. The molecule has 5 heteroatoms. The quantitative estimate of drug-likeness (QED) is 0.568. The smallest absolute Gasteiger partial charge is 0.331 e. The van der Waals surface area contributed by atoms with Gasteiger partial charge in [0.1, 0.15) is 5.60 Å². The van der Waals surface area contributed by atoms with Gasteiger partial charge in [-0.3, -0.25) is 4.99 Å². The number of aliphatic imine (C=N–C) groups is 1. The maximum Gasteiger partial charge on any atom is 0.331 e. The first kappa shape index (κ1) is 21.8. The number of hydrogen-bond acceptors (Lipinski definition) is 5. The molecule has 0 aliphatic rings. The zero-order valence-electron chi connectivity index (χ0n) is 16.9. The second kappa shape index (κ2) is 9.62. The van der Waals surface area contributed by atoms with E-state index in [-0.39, 0.29) is 0 Å². The maximum absolute atomic E-state index is 12.9. The number of aliphatic hydroxyl groups excluding tert-OH is 2. The van der Waals surface area contributed by atoms with Crippen molar-refractivity contribution >= 4 is 11.7 Å². The van der Waals surface area contributed by atoms with Gasteiger partial charge in [0, 0.05) is 17.0 Å². The Labute approximate surface area is 166 Å². The molecule has 0 radical (unpaired) electrons. The van der Waals surface area contributed by atoms with Gasteiger partial charge in [0.05, 0.1) is 18.4 Å². The van der Waals surface area contributed by atoms with Crippen LogP contribution >= 0.6 is 0 Å². The Morgan fingerprint density at radius 3 is 1.86 bits per heavy atom. The highest BCUT2D eigenvalue weighted by molar-refractivity contribution is 6.13. The molecule has 28 heavy (non-hydrogen) atoms. The van der Waals surface area contributed by atoms with Crippen LogP contribution in [-0.4, -0.2) is 46.2 Å². The number of ether oxygens (including phenoxy) is 1. The van der Waals surface area contributed by atoms with Gasteiger partial charge in [-0.2, -0.15) is 0 Å². The van der Waals surface area contributed by atoms with Crippen LogP contribution in [0.25, 0.3) is 0 Å². The standard InChI is InChI=1S/C23H29NO4/c1-16(19(26)15-25)20(22(27)28-23(2,3)4)24-21(17-11-7-5-8-12-17)18-13-9-6-10-14-18/h5-14,16,19-20,25-26H,15H2,1-4H3. The van der Waals surface area contributed by atoms with Crippen molar-refractivity contribution in [3.8, 4) is 0 Å². The van der Waals surface area contributed by atoms with Crippen molar-refractivity contribution in [2.24, 2.45) is 10.9 Å². The average Bonchev–Trinajstić information content (AvgIpc) is 2.67. The number of benzene rings is 2. The summed E-state index contributed by atoms with van der Waals surface area (Å²) in [5, 5.41) is 19.6. The molecule has 2 N–H and O–H groups in total. The highest BCUT2D eigenvalue weighted by Gasteiger charge is 2.34. The monoisotopic (exact) mass is 383 g/mol. The van der Waals surface area contributed by atoms with Crippen molar-refractivity contribution in [2.45, 2.75) is 45.4 Å². The number of carbonyl (C=O) groups is 1. The molecule has 0 heterocycles. The van der Waals surface area contributed by atoms with Gasteiger partial charge in [0.2, 0.25) is 0 Å². The molecule has 0 aliphatic heterocycles. The zero-order valence-corrected chi connectivity index (χ0v) is 16.9. The Morgan fingerprint density at radius 1 is 1.00 bits per heavy atom. The fourth-order valence-corrected chi connectivity index (χ4v) is 2.77. The molecule has 2 rings (SSSR count). The van der Waals surface area contributed by atoms with E-state index in [9.17, 15) is 15.0 Å². The molecule has 0 aromatic heterocycles. The van der Waals surface area contributed by atoms with Gasteiger partial charge >= 0.3 is 5.97 Å². The van der Waals surface area contributed by atoms with Crippen LogP contribution in [0.1, 0.15) is 38.8 Å². The largest absolute Gasteiger partial charge is 0.458 e. The van der Waals surface area contributed by atoms with Crippen LogP contribution in [0.2, 0.25) is 0 Å². The number of hydrogen-bond donors (Lipinski definition) is 2. The molecule has 5 nitrogen and oxygen atoms in total. The molecule has 150 valence electrons. The van der Waals surface area contributed by atoms with Gasteiger partial charge < -0.3 is 14.9 Å². The molecule has 3 unspecified atom stereocenters. The van der Waals surface area contributed by atoms with Crippen LogP contribution in [0.15, 0.2) is 65.7 Å². The summed E-state index contributed by atoms with van der Waals surface area (Å²) in [6, 6.07) is 18.2. The zero-order chi connectivity index (χ0) is 20.7. The fourth-order valence-electron chi connectivity index (χ4n) is 2.77. The highest BCUT2D eigenvalue weighted by Crippen LogP contribution is 2.21. The average molecular weight is 383 g/mol. The first-order chi connectivity index (χ1) is 13.2. The minimum atomic E-state index is -1.09. The normalized spacial score (nSPS) is 14.6. The summed E-state index contributed by atoms with van der Waals surface area (Å²) in [4.78, 5) is 17.6. The third-order valence-corrected chi connectivity index (χ3v) is 4.30. The number of carbonyl (C=O) groups excluding carboxylic acids is 1. The number of nitrogens with zero attached hydrogens (tertiary/aromatic N) is 1. The van der Waals surface area contributed by atoms with Crippen LogP contribution in [0.3, 0.4) is 0 Å². The van der Waals surface area contributed by atoms with E-state index in [1.807, 2.05) is 60.7 Å². The lowest BCUT2D eigenvalue weighted by Gasteiger charge is -2.27. The second-order valence-electron chi connectivity index (χ2n) is 7.80. The number of esters is 1. The number of rotatable bonds is 7. The van der Waals surface area contributed by atoms with Gasteiger partial charge in [-0.1, -0.05) is 67.6 Å². The molecule has 3 atom stereocenters. The molecule has 2 aromatic rings. The first-order valence-electron chi connectivity index (χ1n) is 9.43. The first-order valence-corrected chi connectivity index (χ1v) is 9.43. The van der Waals surface area contributed by atoms with Gasteiger partial charge in [0.25, 0.3) is 0 Å². The van der Waals surface area contributed by atoms with Crippen molar-refractivity contribution in [3.63, 3.8) is 0 Å². The molecule has 0 spiro atoms. The van der Waals surface area contributed by atoms with E-state index in [1.54, 1.807) is 27.7 Å². The van der Waals surface area contributed by atoms with Crippen molar-refractivity contribution in [3.05, 3.63) is 71.8 Å². The van der Waals surface area contributed by atoms with E-state index in [4.69, 9.17) is 9.73 Å². The van der Waals surface area contributed by atoms with Crippen molar-refractivity contribution in [1.82, 2.24) is 0 Å². The van der Waals surface area contributed by atoms with Gasteiger partial charge in [-0.15, -0.1) is 0 Å². The molecular weight excluding hydrogens is 354 g/mol. The highest BCUT2D eigenvalue weighted by atomic mass is 16.6. The SMILES string of the molecule is CC(C(O)CO)C(N=C(c1ccccc1)c1ccccc1)C(=O)OC(C)(C)C. The van der Waals surface area contributed by atoms with Crippen LogP contribution in [0.4, 0.5) is 0 Å². The summed E-state index contributed by atoms with van der Waals surface area (Å²) >= 11 is 0. The van der Waals surface area contributed by atoms with Crippen LogP contribution < -0.4 is 0 Å². The van der Waals surface area contributed by atoms with Gasteiger partial charge in [-0.05, 0) is 20.8 Å². The maximum atomic E-state index is 12.9. The van der Waals surface area contributed by atoms with Crippen molar-refractivity contribution in [1.29, 1.82) is 0 Å². The molecule has 0 bridgehead atoms. The van der Waals surface area contributed by atoms with Crippen LogP contribution in [0.5, 0.6) is 0 Å². The molecular formula is C23H29NO4. The Morgan fingerprint density at radius 2 is 1.46 bits per heavy atom. The third-order valence-electron chi connectivity index (χ3n) is 4.30. The Hall–Kier alpha value is -2.50. The van der Waals surface area contributed by atoms with E-state index in [0.717, 1.165) is 11.1 Å². The Balaban J connectivity index is 2.56. The third kappa shape index (κ3) is 6.01. The van der Waals surface area contributed by atoms with E-state index in [2.05, 4.69) is 0 Å². The lowest BCUT2D eigenvalue weighted by molar-refractivity contribution is -0.159. The summed E-state index contributed by atoms with van der Waals surface area (Å²) in [6.07, 6.45) is -1.09. The molecule has 0 amide bonds. The van der Waals surface area contributed by atoms with E-state index >= 15 is 0 Å². The summed E-state index contributed by atoms with van der Waals surface area (Å²) in [5.74, 6) is -1.15. The van der Waals surface area contributed by atoms with Crippen molar-refractivity contribution < 1.29 is 19.7 Å². The summed E-state index contributed by atoms with van der Waals surface area (Å²) in [6.45, 7) is 6.59. The second-order valence-corrected chi connectivity index (χ2v) is 7.80. The van der Waals surface area contributed by atoms with Crippen LogP contribution in [0, 0.1) is 5.92 Å². The van der Waals surface area contributed by atoms with E-state index in [1.165, 1.54) is 0 Å².